The molecule has 254 valence electrons. The van der Waals surface area contributed by atoms with Crippen LogP contribution < -0.4 is 15.0 Å². The zero-order valence-corrected chi connectivity index (χ0v) is 25.5. The van der Waals surface area contributed by atoms with Crippen molar-refractivity contribution in [2.45, 2.75) is 55.4 Å². The molecule has 1 saturated heterocycles. The number of benzene rings is 3. The summed E-state index contributed by atoms with van der Waals surface area (Å²) in [5.74, 6) is -1.90. The van der Waals surface area contributed by atoms with E-state index in [1.807, 2.05) is 0 Å². The largest absolute Gasteiger partial charge is 0.522 e. The van der Waals surface area contributed by atoms with Crippen LogP contribution >= 0.6 is 0 Å². The summed E-state index contributed by atoms with van der Waals surface area (Å²) in [6, 6.07) is 13.3. The Morgan fingerprint density at radius 2 is 1.57 bits per heavy atom. The number of carboxylic acids is 1. The van der Waals surface area contributed by atoms with Gasteiger partial charge in [0.05, 0.1) is 47.9 Å². The molecule has 1 aliphatic heterocycles. The second-order valence-electron chi connectivity index (χ2n) is 10.7. The van der Waals surface area contributed by atoms with E-state index in [9.17, 15) is 49.5 Å². The summed E-state index contributed by atoms with van der Waals surface area (Å²) in [6.07, 6.45) is -10.6. The third kappa shape index (κ3) is 9.60. The number of alkyl halides is 6. The molecule has 16 heteroatoms. The minimum atomic E-state index is -4.91. The maximum atomic E-state index is 13.1. The first-order valence-corrected chi connectivity index (χ1v) is 15.9. The fourth-order valence-electron chi connectivity index (χ4n) is 5.09. The van der Waals surface area contributed by atoms with Crippen molar-refractivity contribution in [1.82, 2.24) is 5.32 Å². The number of halogens is 6. The summed E-state index contributed by atoms with van der Waals surface area (Å²) in [6.45, 7) is 0.786. The molecule has 0 saturated carbocycles. The second kappa shape index (κ2) is 14.2. The first kappa shape index (κ1) is 35.5. The molecule has 1 amide bonds. The molecule has 9 nitrogen and oxygen atoms in total. The number of hydrogen-bond acceptors (Lipinski definition) is 7. The Balaban J connectivity index is 1.49. The van der Waals surface area contributed by atoms with Gasteiger partial charge >= 0.3 is 18.5 Å². The van der Waals surface area contributed by atoms with Crippen molar-refractivity contribution in [3.8, 4) is 5.75 Å². The molecule has 3 aromatic carbocycles. The van der Waals surface area contributed by atoms with Gasteiger partial charge in [-0.15, -0.1) is 13.2 Å². The highest BCUT2D eigenvalue weighted by Crippen LogP contribution is 2.33. The molecule has 1 unspecified atom stereocenters. The van der Waals surface area contributed by atoms with Gasteiger partial charge in [0.1, 0.15) is 11.9 Å². The third-order valence-electron chi connectivity index (χ3n) is 7.47. The minimum absolute atomic E-state index is 0.0487. The van der Waals surface area contributed by atoms with Crippen molar-refractivity contribution in [1.29, 1.82) is 0 Å². The van der Waals surface area contributed by atoms with Crippen LogP contribution in [0.5, 0.6) is 5.75 Å². The highest BCUT2D eigenvalue weighted by atomic mass is 32.2. The number of anilines is 1. The molecule has 2 N–H and O–H groups in total. The van der Waals surface area contributed by atoms with Crippen LogP contribution in [0.25, 0.3) is 0 Å². The topological polar surface area (TPSA) is 122 Å². The van der Waals surface area contributed by atoms with Gasteiger partial charge in [-0.05, 0) is 66.2 Å². The van der Waals surface area contributed by atoms with Crippen LogP contribution in [0.4, 0.5) is 32.0 Å². The first-order valence-electron chi connectivity index (χ1n) is 14.2. The van der Waals surface area contributed by atoms with Gasteiger partial charge in [-0.25, -0.2) is 8.42 Å². The number of carbonyl (C=O) groups excluding carboxylic acids is 1. The van der Waals surface area contributed by atoms with Crippen LogP contribution in [0.3, 0.4) is 0 Å². The molecule has 0 aromatic heterocycles. The van der Waals surface area contributed by atoms with E-state index in [2.05, 4.69) is 10.1 Å². The molecule has 0 aliphatic carbocycles. The lowest BCUT2D eigenvalue weighted by Crippen LogP contribution is -2.35. The number of carbonyl (C=O) groups is 2. The summed E-state index contributed by atoms with van der Waals surface area (Å²) in [7, 11) is -3.50. The van der Waals surface area contributed by atoms with Gasteiger partial charge in [0.25, 0.3) is 5.91 Å². The fourth-order valence-corrected chi connectivity index (χ4v) is 5.97. The lowest BCUT2D eigenvalue weighted by atomic mass is 10.0. The van der Waals surface area contributed by atoms with E-state index in [0.29, 0.717) is 11.3 Å². The predicted molar refractivity (Wildman–Crippen MR) is 157 cm³/mol. The monoisotopic (exact) mass is 688 g/mol. The molecule has 47 heavy (non-hydrogen) atoms. The van der Waals surface area contributed by atoms with Gasteiger partial charge in [-0.1, -0.05) is 19.1 Å². The molecule has 4 rings (SSSR count). The molecule has 0 spiro atoms. The highest BCUT2D eigenvalue weighted by Gasteiger charge is 2.38. The van der Waals surface area contributed by atoms with Crippen LogP contribution in [0, 0.1) is 0 Å². The van der Waals surface area contributed by atoms with Crippen molar-refractivity contribution in [2.75, 3.05) is 23.8 Å². The Hall–Kier alpha value is -4.31. The molecular weight excluding hydrogens is 658 g/mol. The average molecular weight is 689 g/mol. The summed E-state index contributed by atoms with van der Waals surface area (Å²) in [5, 5.41) is 12.0. The number of ether oxygens (including phenoxy) is 2. The van der Waals surface area contributed by atoms with Crippen LogP contribution in [0.15, 0.2) is 77.7 Å². The van der Waals surface area contributed by atoms with Gasteiger partial charge in [-0.2, -0.15) is 13.2 Å². The minimum Gasteiger partial charge on any atom is -0.489 e. The average Bonchev–Trinajstić information content (AvgIpc) is 3.41. The zero-order valence-electron chi connectivity index (χ0n) is 24.7. The smallest absolute Gasteiger partial charge is 0.489 e. The summed E-state index contributed by atoms with van der Waals surface area (Å²) in [5.41, 5.74) is -0.0102. The lowest BCUT2D eigenvalue weighted by Gasteiger charge is -2.27. The van der Waals surface area contributed by atoms with Crippen LogP contribution in [0.2, 0.25) is 0 Å². The van der Waals surface area contributed by atoms with Crippen molar-refractivity contribution < 1.29 is 58.9 Å². The Morgan fingerprint density at radius 1 is 0.957 bits per heavy atom. The number of rotatable bonds is 12. The van der Waals surface area contributed by atoms with Crippen molar-refractivity contribution in [3.05, 3.63) is 89.5 Å². The number of hydrogen-bond donors (Lipinski definition) is 2. The zero-order chi connectivity index (χ0) is 34.6. The fraction of sp³-hybridized carbons (Fsp3) is 0.355. The third-order valence-corrected chi connectivity index (χ3v) is 9.22. The van der Waals surface area contributed by atoms with E-state index in [1.54, 1.807) is 4.90 Å². The van der Waals surface area contributed by atoms with E-state index in [0.717, 1.165) is 24.3 Å². The van der Waals surface area contributed by atoms with Crippen molar-refractivity contribution in [2.24, 2.45) is 0 Å². The number of carboxylic acid groups (broad SMARTS) is 1. The van der Waals surface area contributed by atoms with Gasteiger partial charge < -0.3 is 20.1 Å². The molecular formula is C31H30F6N2O7S. The van der Waals surface area contributed by atoms with E-state index in [1.165, 1.54) is 55.5 Å². The first-order chi connectivity index (χ1) is 21.9. The molecule has 1 fully saturated rings. The number of sulfone groups is 1. The van der Waals surface area contributed by atoms with Gasteiger partial charge in [0.15, 0.2) is 9.84 Å². The van der Waals surface area contributed by atoms with Gasteiger partial charge in [0, 0.05) is 17.7 Å². The number of aliphatic carboxylic acids is 1. The quantitative estimate of drug-likeness (QED) is 0.222. The number of amides is 1. The van der Waals surface area contributed by atoms with Crippen molar-refractivity contribution >= 4 is 27.4 Å². The predicted octanol–water partition coefficient (Wildman–Crippen LogP) is 6.01. The SMILES string of the molecule is CCS(=O)(=O)c1ccc(C(CC(=O)O)NC(=O)c2ccc(N3C[C@@H](Oc4ccc(C(F)(F)F)cc4)C[C@H]3COC(F)(F)F)cc2)cc1. The summed E-state index contributed by atoms with van der Waals surface area (Å²) < 4.78 is 111. The normalized spacial score (nSPS) is 17.7. The van der Waals surface area contributed by atoms with E-state index in [-0.39, 0.29) is 34.9 Å². The summed E-state index contributed by atoms with van der Waals surface area (Å²) in [4.78, 5) is 26.2. The standard InChI is InChI=1S/C31H30F6N2O7S/c1-2-47(43,44)26-13-5-19(6-14-26)27(16-28(40)41)38-29(42)20-3-9-22(10-4-20)39-17-25(15-23(39)18-45-31(35,36)37)46-24-11-7-21(8-12-24)30(32,33)34/h3-14,23,25,27H,2,15-18H2,1H3,(H,38,42)(H,40,41)/t23-,25-,27?/m0/s1. The van der Waals surface area contributed by atoms with Gasteiger partial charge in [-0.3, -0.25) is 14.3 Å². The van der Waals surface area contributed by atoms with E-state index >= 15 is 0 Å². The van der Waals surface area contributed by atoms with Gasteiger partial charge in [0.2, 0.25) is 0 Å². The Labute approximate surface area is 266 Å². The van der Waals surface area contributed by atoms with E-state index in [4.69, 9.17) is 4.74 Å². The molecule has 3 aromatic rings. The Kier molecular flexibility index (Phi) is 10.7. The van der Waals surface area contributed by atoms with Crippen LogP contribution in [-0.4, -0.2) is 62.8 Å². The summed E-state index contributed by atoms with van der Waals surface area (Å²) >= 11 is 0. The molecule has 3 atom stereocenters. The van der Waals surface area contributed by atoms with E-state index < -0.39 is 71.0 Å². The Bertz CT molecular complexity index is 1650. The molecule has 0 bridgehead atoms. The highest BCUT2D eigenvalue weighted by molar-refractivity contribution is 7.91. The second-order valence-corrected chi connectivity index (χ2v) is 13.0. The van der Waals surface area contributed by atoms with Crippen LogP contribution in [-0.2, 0) is 25.5 Å². The van der Waals surface area contributed by atoms with Crippen molar-refractivity contribution in [3.63, 3.8) is 0 Å². The Morgan fingerprint density at radius 3 is 2.11 bits per heavy atom. The number of nitrogens with one attached hydrogen (secondary N) is 1. The maximum absolute atomic E-state index is 13.1. The lowest BCUT2D eigenvalue weighted by molar-refractivity contribution is -0.325. The number of nitrogens with zero attached hydrogens (tertiary/aromatic N) is 1. The van der Waals surface area contributed by atoms with Crippen LogP contribution in [0.1, 0.15) is 47.3 Å². The maximum Gasteiger partial charge on any atom is 0.522 e. The molecule has 1 aliphatic rings. The molecule has 1 heterocycles. The molecule has 0 radical (unpaired) electrons.